The van der Waals surface area contributed by atoms with Crippen LogP contribution in [0.25, 0.3) is 21.8 Å². The van der Waals surface area contributed by atoms with E-state index in [4.69, 9.17) is 9.72 Å². The molecule has 1 heterocycles. The lowest BCUT2D eigenvalue weighted by atomic mass is 9.96. The predicted molar refractivity (Wildman–Crippen MR) is 130 cm³/mol. The fourth-order valence-electron chi connectivity index (χ4n) is 3.79. The number of hydrogen-bond acceptors (Lipinski definition) is 3. The largest absolute Gasteiger partial charge is 0.494 e. The molecule has 4 aromatic rings. The highest BCUT2D eigenvalue weighted by atomic mass is 16.5. The molecule has 1 amide bonds. The van der Waals surface area contributed by atoms with Crippen LogP contribution in [0.2, 0.25) is 0 Å². The number of para-hydroxylation sites is 2. The van der Waals surface area contributed by atoms with E-state index in [0.717, 1.165) is 35.6 Å². The van der Waals surface area contributed by atoms with Gasteiger partial charge in [0.15, 0.2) is 0 Å². The van der Waals surface area contributed by atoms with Crippen molar-refractivity contribution >= 4 is 27.7 Å². The Labute approximate surface area is 189 Å². The number of aromatic nitrogens is 2. The average molecular weight is 430 g/mol. The first-order valence-corrected chi connectivity index (χ1v) is 11.3. The molecule has 32 heavy (non-hydrogen) atoms. The molecule has 0 aliphatic carbocycles. The van der Waals surface area contributed by atoms with Crippen LogP contribution < -0.4 is 10.1 Å². The molecule has 0 radical (unpaired) electrons. The zero-order chi connectivity index (χ0) is 22.6. The predicted octanol–water partition coefficient (Wildman–Crippen LogP) is 5.36. The van der Waals surface area contributed by atoms with E-state index in [1.807, 2.05) is 57.2 Å². The van der Waals surface area contributed by atoms with Crippen molar-refractivity contribution in [2.45, 2.75) is 40.2 Å². The van der Waals surface area contributed by atoms with E-state index >= 15 is 0 Å². The molecule has 1 N–H and O–H groups in total. The Morgan fingerprint density at radius 2 is 1.75 bits per heavy atom. The second kappa shape index (κ2) is 9.43. The minimum Gasteiger partial charge on any atom is -0.494 e. The number of benzene rings is 3. The molecule has 4 rings (SSSR count). The van der Waals surface area contributed by atoms with Gasteiger partial charge in [-0.05, 0) is 41.5 Å². The molecule has 1 aromatic heterocycles. The summed E-state index contributed by atoms with van der Waals surface area (Å²) in [6.45, 7) is 7.79. The number of nitrogens with one attached hydrogen (secondary N) is 1. The average Bonchev–Trinajstić information content (AvgIpc) is 3.13. The van der Waals surface area contributed by atoms with Gasteiger partial charge in [-0.2, -0.15) is 0 Å². The molecular formula is C27H31N3O2. The van der Waals surface area contributed by atoms with Crippen molar-refractivity contribution in [1.82, 2.24) is 14.9 Å². The molecule has 5 nitrogen and oxygen atoms in total. The molecular weight excluding hydrogens is 398 g/mol. The maximum absolute atomic E-state index is 12.2. The number of carbonyl (C=O) groups excluding carboxylic acids is 1. The zero-order valence-corrected chi connectivity index (χ0v) is 19.1. The number of carbonyl (C=O) groups is 1. The van der Waals surface area contributed by atoms with Crippen molar-refractivity contribution in [3.8, 4) is 5.75 Å². The minimum absolute atomic E-state index is 0.0592. The second-order valence-corrected chi connectivity index (χ2v) is 9.14. The Hall–Kier alpha value is -3.34. The van der Waals surface area contributed by atoms with Crippen LogP contribution in [0.15, 0.2) is 66.7 Å². The monoisotopic (exact) mass is 429 g/mol. The van der Waals surface area contributed by atoms with E-state index in [1.54, 1.807) is 0 Å². The van der Waals surface area contributed by atoms with Crippen molar-refractivity contribution in [3.63, 3.8) is 0 Å². The number of rotatable bonds is 8. The Morgan fingerprint density at radius 1 is 1.00 bits per heavy atom. The van der Waals surface area contributed by atoms with Gasteiger partial charge in [0.2, 0.25) is 5.91 Å². The maximum Gasteiger partial charge on any atom is 0.225 e. The van der Waals surface area contributed by atoms with E-state index in [9.17, 15) is 4.79 Å². The second-order valence-electron chi connectivity index (χ2n) is 9.14. The van der Waals surface area contributed by atoms with Gasteiger partial charge in [-0.15, -0.1) is 0 Å². The van der Waals surface area contributed by atoms with Gasteiger partial charge in [0, 0.05) is 24.9 Å². The van der Waals surface area contributed by atoms with Gasteiger partial charge in [0.1, 0.15) is 11.6 Å². The van der Waals surface area contributed by atoms with Gasteiger partial charge < -0.3 is 14.6 Å². The topological polar surface area (TPSA) is 56.2 Å². The third-order valence-corrected chi connectivity index (χ3v) is 5.56. The lowest BCUT2D eigenvalue weighted by molar-refractivity contribution is -0.128. The first kappa shape index (κ1) is 21.9. The molecule has 166 valence electrons. The Bertz CT molecular complexity index is 1220. The number of ether oxygens (including phenoxy) is 1. The van der Waals surface area contributed by atoms with Gasteiger partial charge in [0.05, 0.1) is 17.6 Å². The summed E-state index contributed by atoms with van der Waals surface area (Å²) < 4.78 is 8.28. The Balaban J connectivity index is 1.39. The molecule has 0 atom stereocenters. The molecule has 5 heteroatoms. The molecule has 3 aromatic carbocycles. The van der Waals surface area contributed by atoms with Gasteiger partial charge >= 0.3 is 0 Å². The first-order valence-electron chi connectivity index (χ1n) is 11.3. The SMILES string of the molecule is CC(C)(C)C(=O)NCCc1nc2ccccc2n1CCCOc1ccc2ccccc2c1. The van der Waals surface area contributed by atoms with Crippen LogP contribution in [0.5, 0.6) is 5.75 Å². The first-order chi connectivity index (χ1) is 15.4. The summed E-state index contributed by atoms with van der Waals surface area (Å²) in [5, 5.41) is 5.43. The van der Waals surface area contributed by atoms with E-state index in [0.29, 0.717) is 19.6 Å². The highest BCUT2D eigenvalue weighted by molar-refractivity contribution is 5.83. The van der Waals surface area contributed by atoms with Crippen LogP contribution in [0.3, 0.4) is 0 Å². The molecule has 0 unspecified atom stereocenters. The van der Waals surface area contributed by atoms with Crippen LogP contribution in [-0.2, 0) is 17.8 Å². The fourth-order valence-corrected chi connectivity index (χ4v) is 3.79. The lowest BCUT2D eigenvalue weighted by Gasteiger charge is -2.17. The molecule has 0 bridgehead atoms. The zero-order valence-electron chi connectivity index (χ0n) is 19.1. The molecule has 0 spiro atoms. The number of nitrogens with zero attached hydrogens (tertiary/aromatic N) is 2. The maximum atomic E-state index is 12.2. The number of hydrogen-bond donors (Lipinski definition) is 1. The third kappa shape index (κ3) is 5.10. The van der Waals surface area contributed by atoms with Crippen LogP contribution in [0, 0.1) is 5.41 Å². The summed E-state index contributed by atoms with van der Waals surface area (Å²) in [6, 6.07) is 22.7. The van der Waals surface area contributed by atoms with E-state index in [-0.39, 0.29) is 11.3 Å². The highest BCUT2D eigenvalue weighted by Crippen LogP contribution is 2.21. The minimum atomic E-state index is -0.389. The molecule has 0 fully saturated rings. The molecule has 0 saturated carbocycles. The van der Waals surface area contributed by atoms with Gasteiger partial charge in [-0.25, -0.2) is 4.98 Å². The van der Waals surface area contributed by atoms with Crippen molar-refractivity contribution < 1.29 is 9.53 Å². The fraction of sp³-hybridized carbons (Fsp3) is 0.333. The highest BCUT2D eigenvalue weighted by Gasteiger charge is 2.20. The third-order valence-electron chi connectivity index (χ3n) is 5.56. The standard InChI is InChI=1S/C27H31N3O2/c1-27(2,3)26(31)28-16-15-25-29-23-11-6-7-12-24(23)30(25)17-8-18-32-22-14-13-20-9-4-5-10-21(20)19-22/h4-7,9-14,19H,8,15-18H2,1-3H3,(H,28,31). The quantitative estimate of drug-likeness (QED) is 0.384. The van der Waals surface area contributed by atoms with E-state index in [2.05, 4.69) is 40.2 Å². The Morgan fingerprint density at radius 3 is 2.56 bits per heavy atom. The Kier molecular flexibility index (Phi) is 6.45. The van der Waals surface area contributed by atoms with Crippen LogP contribution in [0.4, 0.5) is 0 Å². The van der Waals surface area contributed by atoms with Crippen LogP contribution >= 0.6 is 0 Å². The summed E-state index contributed by atoms with van der Waals surface area (Å²) in [7, 11) is 0. The van der Waals surface area contributed by atoms with Gasteiger partial charge in [-0.1, -0.05) is 63.2 Å². The van der Waals surface area contributed by atoms with Crippen molar-refractivity contribution in [2.75, 3.05) is 13.2 Å². The number of fused-ring (bicyclic) bond motifs is 2. The van der Waals surface area contributed by atoms with Crippen LogP contribution in [-0.4, -0.2) is 28.6 Å². The molecule has 0 aliphatic rings. The van der Waals surface area contributed by atoms with E-state index in [1.165, 1.54) is 10.8 Å². The summed E-state index contributed by atoms with van der Waals surface area (Å²) in [5.74, 6) is 1.94. The van der Waals surface area contributed by atoms with E-state index < -0.39 is 0 Å². The normalized spacial score (nSPS) is 11.7. The van der Waals surface area contributed by atoms with Crippen molar-refractivity contribution in [1.29, 1.82) is 0 Å². The number of imidazole rings is 1. The van der Waals surface area contributed by atoms with Crippen molar-refractivity contribution in [3.05, 3.63) is 72.6 Å². The van der Waals surface area contributed by atoms with Crippen molar-refractivity contribution in [2.24, 2.45) is 5.41 Å². The summed E-state index contributed by atoms with van der Waals surface area (Å²) in [6.07, 6.45) is 1.57. The lowest BCUT2D eigenvalue weighted by Crippen LogP contribution is -2.36. The number of amides is 1. The van der Waals surface area contributed by atoms with Gasteiger partial charge in [-0.3, -0.25) is 4.79 Å². The number of aryl methyl sites for hydroxylation is 1. The smallest absolute Gasteiger partial charge is 0.225 e. The van der Waals surface area contributed by atoms with Gasteiger partial charge in [0.25, 0.3) is 0 Å². The molecule has 0 saturated heterocycles. The van der Waals surface area contributed by atoms with Crippen LogP contribution in [0.1, 0.15) is 33.0 Å². The summed E-state index contributed by atoms with van der Waals surface area (Å²) in [5.41, 5.74) is 1.72. The molecule has 0 aliphatic heterocycles. The summed E-state index contributed by atoms with van der Waals surface area (Å²) in [4.78, 5) is 17.0. The summed E-state index contributed by atoms with van der Waals surface area (Å²) >= 11 is 0.